The molecule has 154 valence electrons. The second-order valence-electron chi connectivity index (χ2n) is 6.40. The maximum Gasteiger partial charge on any atom is 0.251 e. The average molecular weight is 410 g/mol. The van der Waals surface area contributed by atoms with Gasteiger partial charge in [0.15, 0.2) is 0 Å². The van der Waals surface area contributed by atoms with Gasteiger partial charge in [-0.05, 0) is 25.0 Å². The average Bonchev–Trinajstić information content (AvgIpc) is 3.06. The van der Waals surface area contributed by atoms with Crippen molar-refractivity contribution in [2.75, 3.05) is 19.6 Å². The first-order valence-electron chi connectivity index (χ1n) is 9.24. The SMILES string of the molecule is CCN(CC)S(=O)(=O)c1ccc(=O)n(CC(=O)NCCCn2cc(C)cn2)c1. The number of aromatic nitrogens is 3. The van der Waals surface area contributed by atoms with E-state index >= 15 is 0 Å². The van der Waals surface area contributed by atoms with E-state index in [-0.39, 0.29) is 17.3 Å². The molecule has 0 unspecified atom stereocenters. The van der Waals surface area contributed by atoms with Gasteiger partial charge in [0.2, 0.25) is 15.9 Å². The highest BCUT2D eigenvalue weighted by Gasteiger charge is 2.22. The fourth-order valence-corrected chi connectivity index (χ4v) is 4.25. The zero-order valence-electron chi connectivity index (χ0n) is 16.5. The van der Waals surface area contributed by atoms with Crippen molar-refractivity contribution in [3.8, 4) is 0 Å². The summed E-state index contributed by atoms with van der Waals surface area (Å²) in [6.07, 6.45) is 5.60. The summed E-state index contributed by atoms with van der Waals surface area (Å²) < 4.78 is 29.4. The second-order valence-corrected chi connectivity index (χ2v) is 8.34. The van der Waals surface area contributed by atoms with Crippen LogP contribution in [0.15, 0.2) is 40.4 Å². The molecule has 2 rings (SSSR count). The van der Waals surface area contributed by atoms with Gasteiger partial charge < -0.3 is 9.88 Å². The van der Waals surface area contributed by atoms with Gasteiger partial charge in [0.05, 0.1) is 11.1 Å². The number of hydrogen-bond donors (Lipinski definition) is 1. The molecule has 2 heterocycles. The Kier molecular flexibility index (Phi) is 7.53. The molecule has 0 aliphatic rings. The summed E-state index contributed by atoms with van der Waals surface area (Å²) >= 11 is 0. The van der Waals surface area contributed by atoms with Crippen LogP contribution in [-0.2, 0) is 27.9 Å². The largest absolute Gasteiger partial charge is 0.354 e. The first kappa shape index (κ1) is 21.8. The Morgan fingerprint density at radius 1 is 1.21 bits per heavy atom. The lowest BCUT2D eigenvalue weighted by molar-refractivity contribution is -0.121. The lowest BCUT2D eigenvalue weighted by atomic mass is 10.4. The molecule has 0 aromatic carbocycles. The van der Waals surface area contributed by atoms with Gasteiger partial charge >= 0.3 is 0 Å². The monoisotopic (exact) mass is 409 g/mol. The van der Waals surface area contributed by atoms with Crippen LogP contribution >= 0.6 is 0 Å². The molecular formula is C18H27N5O4S. The minimum atomic E-state index is -3.69. The minimum absolute atomic E-state index is 0.00217. The number of carbonyl (C=O) groups excluding carboxylic acids is 1. The van der Waals surface area contributed by atoms with Gasteiger partial charge in [-0.25, -0.2) is 8.42 Å². The van der Waals surface area contributed by atoms with Gasteiger partial charge in [0.25, 0.3) is 5.56 Å². The van der Waals surface area contributed by atoms with Crippen LogP contribution in [0.5, 0.6) is 0 Å². The Morgan fingerprint density at radius 2 is 1.93 bits per heavy atom. The molecule has 0 saturated carbocycles. The molecule has 0 spiro atoms. The quantitative estimate of drug-likeness (QED) is 0.578. The maximum absolute atomic E-state index is 12.6. The third-order valence-electron chi connectivity index (χ3n) is 4.26. The molecule has 1 amide bonds. The first-order valence-corrected chi connectivity index (χ1v) is 10.7. The summed E-state index contributed by atoms with van der Waals surface area (Å²) in [6, 6.07) is 2.44. The molecule has 0 atom stereocenters. The highest BCUT2D eigenvalue weighted by atomic mass is 32.2. The Hall–Kier alpha value is -2.46. The number of pyridine rings is 1. The van der Waals surface area contributed by atoms with E-state index in [1.54, 1.807) is 24.7 Å². The van der Waals surface area contributed by atoms with E-state index in [0.717, 1.165) is 10.1 Å². The van der Waals surface area contributed by atoms with Crippen LogP contribution in [0.2, 0.25) is 0 Å². The van der Waals surface area contributed by atoms with Crippen LogP contribution < -0.4 is 10.9 Å². The van der Waals surface area contributed by atoms with E-state index in [1.807, 2.05) is 13.1 Å². The number of carbonyl (C=O) groups is 1. The standard InChI is InChI=1S/C18H27N5O4S/c1-4-23(5-2)28(26,27)16-7-8-18(25)21(13-16)14-17(24)19-9-6-10-22-12-15(3)11-20-22/h7-8,11-13H,4-6,9-10,14H2,1-3H3,(H,19,24). The van der Waals surface area contributed by atoms with Gasteiger partial charge in [0.1, 0.15) is 6.54 Å². The molecule has 2 aromatic heterocycles. The molecule has 1 N–H and O–H groups in total. The fraction of sp³-hybridized carbons (Fsp3) is 0.500. The molecule has 0 radical (unpaired) electrons. The van der Waals surface area contributed by atoms with Crippen molar-refractivity contribution in [3.05, 3.63) is 46.6 Å². The van der Waals surface area contributed by atoms with Gasteiger partial charge in [-0.2, -0.15) is 9.40 Å². The number of nitrogens with zero attached hydrogens (tertiary/aromatic N) is 4. The summed E-state index contributed by atoms with van der Waals surface area (Å²) in [5.74, 6) is -0.351. The van der Waals surface area contributed by atoms with Crippen LogP contribution in [0.3, 0.4) is 0 Å². The van der Waals surface area contributed by atoms with Crippen molar-refractivity contribution < 1.29 is 13.2 Å². The summed E-state index contributed by atoms with van der Waals surface area (Å²) in [6.45, 7) is 6.97. The van der Waals surface area contributed by atoms with E-state index in [4.69, 9.17) is 0 Å². The van der Waals surface area contributed by atoms with E-state index in [0.29, 0.717) is 32.6 Å². The van der Waals surface area contributed by atoms with Crippen molar-refractivity contribution in [2.45, 2.75) is 45.2 Å². The molecule has 10 heteroatoms. The Balaban J connectivity index is 1.97. The topological polar surface area (TPSA) is 106 Å². The van der Waals surface area contributed by atoms with Crippen LogP contribution in [0.1, 0.15) is 25.8 Å². The van der Waals surface area contributed by atoms with Crippen molar-refractivity contribution >= 4 is 15.9 Å². The van der Waals surface area contributed by atoms with Crippen molar-refractivity contribution in [1.82, 2.24) is 24.0 Å². The molecule has 0 bridgehead atoms. The van der Waals surface area contributed by atoms with Crippen LogP contribution in [0, 0.1) is 6.92 Å². The predicted octanol–water partition coefficient (Wildman–Crippen LogP) is 0.590. The maximum atomic E-state index is 12.6. The number of aryl methyl sites for hydroxylation is 2. The molecule has 9 nitrogen and oxygen atoms in total. The van der Waals surface area contributed by atoms with E-state index in [1.165, 1.54) is 22.6 Å². The van der Waals surface area contributed by atoms with E-state index < -0.39 is 15.6 Å². The normalized spacial score (nSPS) is 11.7. The number of hydrogen-bond acceptors (Lipinski definition) is 5. The van der Waals surface area contributed by atoms with Crippen molar-refractivity contribution in [1.29, 1.82) is 0 Å². The highest BCUT2D eigenvalue weighted by Crippen LogP contribution is 2.13. The van der Waals surface area contributed by atoms with E-state index in [9.17, 15) is 18.0 Å². The van der Waals surface area contributed by atoms with Gasteiger partial charge in [-0.1, -0.05) is 13.8 Å². The number of sulfonamides is 1. The molecule has 2 aromatic rings. The van der Waals surface area contributed by atoms with Gasteiger partial charge in [0, 0.05) is 44.6 Å². The third-order valence-corrected chi connectivity index (χ3v) is 6.30. The van der Waals surface area contributed by atoms with Crippen LogP contribution in [-0.4, -0.2) is 52.6 Å². The van der Waals surface area contributed by atoms with Crippen molar-refractivity contribution in [3.63, 3.8) is 0 Å². The lowest BCUT2D eigenvalue weighted by Gasteiger charge is -2.19. The van der Waals surface area contributed by atoms with Gasteiger partial charge in [-0.15, -0.1) is 0 Å². The smallest absolute Gasteiger partial charge is 0.251 e. The zero-order chi connectivity index (χ0) is 20.7. The summed E-state index contributed by atoms with van der Waals surface area (Å²) in [4.78, 5) is 24.2. The van der Waals surface area contributed by atoms with E-state index in [2.05, 4.69) is 10.4 Å². The molecule has 28 heavy (non-hydrogen) atoms. The Labute approximate surface area is 165 Å². The summed E-state index contributed by atoms with van der Waals surface area (Å²) in [5.41, 5.74) is 0.642. The Morgan fingerprint density at radius 3 is 2.54 bits per heavy atom. The number of nitrogens with one attached hydrogen (secondary N) is 1. The molecular weight excluding hydrogens is 382 g/mol. The van der Waals surface area contributed by atoms with Crippen LogP contribution in [0.4, 0.5) is 0 Å². The Bertz CT molecular complexity index is 960. The second kappa shape index (κ2) is 9.65. The summed E-state index contributed by atoms with van der Waals surface area (Å²) in [7, 11) is -3.69. The molecule has 0 saturated heterocycles. The molecule has 0 aliphatic carbocycles. The number of amides is 1. The first-order chi connectivity index (χ1) is 13.3. The highest BCUT2D eigenvalue weighted by molar-refractivity contribution is 7.89. The minimum Gasteiger partial charge on any atom is -0.354 e. The van der Waals surface area contributed by atoms with Gasteiger partial charge in [-0.3, -0.25) is 14.3 Å². The lowest BCUT2D eigenvalue weighted by Crippen LogP contribution is -2.34. The van der Waals surface area contributed by atoms with Crippen LogP contribution in [0.25, 0.3) is 0 Å². The predicted molar refractivity (Wildman–Crippen MR) is 105 cm³/mol. The third kappa shape index (κ3) is 5.52. The zero-order valence-corrected chi connectivity index (χ0v) is 17.3. The molecule has 0 fully saturated rings. The summed E-state index contributed by atoms with van der Waals surface area (Å²) in [5, 5.41) is 6.91. The van der Waals surface area contributed by atoms with Crippen molar-refractivity contribution in [2.24, 2.45) is 0 Å². The number of rotatable bonds is 10. The fourth-order valence-electron chi connectivity index (χ4n) is 2.77. The molecule has 0 aliphatic heterocycles.